The van der Waals surface area contributed by atoms with Crippen LogP contribution < -0.4 is 5.32 Å². The molecule has 0 saturated carbocycles. The van der Waals surface area contributed by atoms with Crippen molar-refractivity contribution in [2.24, 2.45) is 0 Å². The SMILES string of the molecule is CC(C)(C)OC(=O)NCC1(c2cccs2)CCN(S(=O)(=O)c2ccc(F)cc2)CC1. The zero-order valence-corrected chi connectivity index (χ0v) is 19.0. The molecule has 1 aliphatic heterocycles. The van der Waals surface area contributed by atoms with E-state index in [0.29, 0.717) is 32.5 Å². The van der Waals surface area contributed by atoms with E-state index in [9.17, 15) is 17.6 Å². The smallest absolute Gasteiger partial charge is 0.407 e. The summed E-state index contributed by atoms with van der Waals surface area (Å²) in [7, 11) is -3.70. The summed E-state index contributed by atoms with van der Waals surface area (Å²) < 4.78 is 45.8. The number of halogens is 1. The molecular formula is C21H27FN2O4S2. The van der Waals surface area contributed by atoms with Gasteiger partial charge in [-0.25, -0.2) is 17.6 Å². The Morgan fingerprint density at radius 2 is 1.83 bits per heavy atom. The molecule has 30 heavy (non-hydrogen) atoms. The molecular weight excluding hydrogens is 427 g/mol. The Morgan fingerprint density at radius 3 is 2.37 bits per heavy atom. The third-order valence-electron chi connectivity index (χ3n) is 5.14. The van der Waals surface area contributed by atoms with Crippen LogP contribution in [0.15, 0.2) is 46.7 Å². The topological polar surface area (TPSA) is 75.7 Å². The fourth-order valence-corrected chi connectivity index (χ4v) is 5.99. The van der Waals surface area contributed by atoms with E-state index in [1.165, 1.54) is 16.4 Å². The molecule has 1 N–H and O–H groups in total. The number of sulfonamides is 1. The molecule has 1 aromatic heterocycles. The lowest BCUT2D eigenvalue weighted by atomic mass is 9.77. The molecule has 1 fully saturated rings. The van der Waals surface area contributed by atoms with Gasteiger partial charge in [-0.05, 0) is 69.3 Å². The largest absolute Gasteiger partial charge is 0.444 e. The zero-order chi connectivity index (χ0) is 22.0. The summed E-state index contributed by atoms with van der Waals surface area (Å²) in [4.78, 5) is 13.4. The van der Waals surface area contributed by atoms with Crippen molar-refractivity contribution >= 4 is 27.5 Å². The molecule has 0 aliphatic carbocycles. The van der Waals surface area contributed by atoms with Gasteiger partial charge in [0.25, 0.3) is 0 Å². The van der Waals surface area contributed by atoms with E-state index in [4.69, 9.17) is 4.74 Å². The molecule has 0 bridgehead atoms. The van der Waals surface area contributed by atoms with Crippen molar-refractivity contribution in [1.29, 1.82) is 0 Å². The fraction of sp³-hybridized carbons (Fsp3) is 0.476. The molecule has 164 valence electrons. The summed E-state index contributed by atoms with van der Waals surface area (Å²) in [5.74, 6) is -0.475. The summed E-state index contributed by atoms with van der Waals surface area (Å²) in [5.41, 5.74) is -0.952. The van der Waals surface area contributed by atoms with Gasteiger partial charge in [-0.3, -0.25) is 0 Å². The Kier molecular flexibility index (Phi) is 6.54. The highest BCUT2D eigenvalue weighted by atomic mass is 32.2. The van der Waals surface area contributed by atoms with E-state index in [2.05, 4.69) is 5.32 Å². The number of carbonyl (C=O) groups excluding carboxylic acids is 1. The number of thiophene rings is 1. The van der Waals surface area contributed by atoms with Gasteiger partial charge in [-0.2, -0.15) is 4.31 Å². The maximum absolute atomic E-state index is 13.2. The first-order valence-electron chi connectivity index (χ1n) is 9.78. The van der Waals surface area contributed by atoms with Gasteiger partial charge in [0.1, 0.15) is 11.4 Å². The predicted molar refractivity (Wildman–Crippen MR) is 115 cm³/mol. The third kappa shape index (κ3) is 5.19. The Labute approximate surface area is 181 Å². The first kappa shape index (κ1) is 22.7. The zero-order valence-electron chi connectivity index (χ0n) is 17.4. The first-order chi connectivity index (χ1) is 14.0. The van der Waals surface area contributed by atoms with E-state index in [0.717, 1.165) is 17.0 Å². The number of ether oxygens (including phenoxy) is 1. The van der Waals surface area contributed by atoms with Crippen LogP contribution in [-0.4, -0.2) is 44.1 Å². The standard InChI is InChI=1S/C21H27FN2O4S2/c1-20(2,3)28-19(25)23-15-21(18-5-4-14-29-18)10-12-24(13-11-21)30(26,27)17-8-6-16(22)7-9-17/h4-9,14H,10-13,15H2,1-3H3,(H,23,25). The van der Waals surface area contributed by atoms with Crippen LogP contribution in [0.1, 0.15) is 38.5 Å². The monoisotopic (exact) mass is 454 g/mol. The molecule has 0 atom stereocenters. The molecule has 2 heterocycles. The number of nitrogens with one attached hydrogen (secondary N) is 1. The third-order valence-corrected chi connectivity index (χ3v) is 8.17. The van der Waals surface area contributed by atoms with Crippen LogP contribution in [0.25, 0.3) is 0 Å². The number of piperidine rings is 1. The average molecular weight is 455 g/mol. The molecule has 1 amide bonds. The number of carbonyl (C=O) groups is 1. The number of nitrogens with zero attached hydrogens (tertiary/aromatic N) is 1. The highest BCUT2D eigenvalue weighted by molar-refractivity contribution is 7.89. The summed E-state index contributed by atoms with van der Waals surface area (Å²) in [5, 5.41) is 4.84. The second-order valence-electron chi connectivity index (χ2n) is 8.47. The average Bonchev–Trinajstić information content (AvgIpc) is 3.21. The Morgan fingerprint density at radius 1 is 1.20 bits per heavy atom. The second kappa shape index (κ2) is 8.64. The van der Waals surface area contributed by atoms with E-state index in [1.807, 2.05) is 17.5 Å². The summed E-state index contributed by atoms with van der Waals surface area (Å²) in [6.07, 6.45) is 0.632. The Hall–Kier alpha value is -1.97. The number of hydrogen-bond donors (Lipinski definition) is 1. The summed E-state index contributed by atoms with van der Waals surface area (Å²) in [6, 6.07) is 8.85. The van der Waals surface area contributed by atoms with Crippen molar-refractivity contribution in [3.8, 4) is 0 Å². The van der Waals surface area contributed by atoms with Crippen LogP contribution in [0.2, 0.25) is 0 Å². The lowest BCUT2D eigenvalue weighted by molar-refractivity contribution is 0.0505. The van der Waals surface area contributed by atoms with Crippen molar-refractivity contribution in [3.05, 3.63) is 52.5 Å². The number of benzene rings is 1. The van der Waals surface area contributed by atoms with Gasteiger partial charge in [0, 0.05) is 29.9 Å². The molecule has 6 nitrogen and oxygen atoms in total. The molecule has 0 unspecified atom stereocenters. The minimum Gasteiger partial charge on any atom is -0.444 e. The van der Waals surface area contributed by atoms with Crippen molar-refractivity contribution in [2.75, 3.05) is 19.6 Å². The van der Waals surface area contributed by atoms with Crippen LogP contribution in [0.5, 0.6) is 0 Å². The van der Waals surface area contributed by atoms with Gasteiger partial charge in [0.15, 0.2) is 0 Å². The van der Waals surface area contributed by atoms with Crippen molar-refractivity contribution < 1.29 is 22.3 Å². The Balaban J connectivity index is 1.74. The minimum absolute atomic E-state index is 0.0828. The van der Waals surface area contributed by atoms with Crippen LogP contribution in [0, 0.1) is 5.82 Å². The molecule has 0 radical (unpaired) electrons. The number of amides is 1. The lowest BCUT2D eigenvalue weighted by Gasteiger charge is -2.41. The number of rotatable bonds is 5. The quantitative estimate of drug-likeness (QED) is 0.737. The van der Waals surface area contributed by atoms with E-state index < -0.39 is 27.5 Å². The number of hydrogen-bond acceptors (Lipinski definition) is 5. The van der Waals surface area contributed by atoms with E-state index in [-0.39, 0.29) is 10.3 Å². The molecule has 9 heteroatoms. The number of alkyl carbamates (subject to hydrolysis) is 1. The normalized spacial score (nSPS) is 17.5. The van der Waals surface area contributed by atoms with Gasteiger partial charge in [0.2, 0.25) is 10.0 Å². The first-order valence-corrected chi connectivity index (χ1v) is 12.1. The minimum atomic E-state index is -3.70. The van der Waals surface area contributed by atoms with Crippen molar-refractivity contribution in [3.63, 3.8) is 0 Å². The summed E-state index contributed by atoms with van der Waals surface area (Å²) in [6.45, 7) is 6.41. The van der Waals surface area contributed by atoms with Gasteiger partial charge in [-0.15, -0.1) is 11.3 Å². The van der Waals surface area contributed by atoms with Gasteiger partial charge < -0.3 is 10.1 Å². The van der Waals surface area contributed by atoms with Crippen LogP contribution in [0.3, 0.4) is 0 Å². The van der Waals surface area contributed by atoms with Gasteiger partial charge in [-0.1, -0.05) is 6.07 Å². The maximum atomic E-state index is 13.2. The predicted octanol–water partition coefficient (Wildman–Crippen LogP) is 4.13. The van der Waals surface area contributed by atoms with Crippen molar-refractivity contribution in [1.82, 2.24) is 9.62 Å². The molecule has 0 spiro atoms. The second-order valence-corrected chi connectivity index (χ2v) is 11.4. The van der Waals surface area contributed by atoms with E-state index >= 15 is 0 Å². The van der Waals surface area contributed by atoms with Crippen LogP contribution >= 0.6 is 11.3 Å². The lowest BCUT2D eigenvalue weighted by Crippen LogP contribution is -2.50. The highest BCUT2D eigenvalue weighted by Crippen LogP contribution is 2.39. The molecule has 1 aliphatic rings. The van der Waals surface area contributed by atoms with Gasteiger partial charge >= 0.3 is 6.09 Å². The maximum Gasteiger partial charge on any atom is 0.407 e. The summed E-state index contributed by atoms with van der Waals surface area (Å²) >= 11 is 1.60. The Bertz CT molecular complexity index is 959. The fourth-order valence-electron chi connectivity index (χ4n) is 3.56. The molecule has 1 aromatic carbocycles. The molecule has 3 rings (SSSR count). The van der Waals surface area contributed by atoms with Gasteiger partial charge in [0.05, 0.1) is 4.90 Å². The van der Waals surface area contributed by atoms with E-state index in [1.54, 1.807) is 32.1 Å². The highest BCUT2D eigenvalue weighted by Gasteiger charge is 2.41. The molecule has 2 aromatic rings. The van der Waals surface area contributed by atoms with Crippen molar-refractivity contribution in [2.45, 2.75) is 49.5 Å². The molecule has 1 saturated heterocycles. The van der Waals surface area contributed by atoms with Crippen LogP contribution in [-0.2, 0) is 20.2 Å². The van der Waals surface area contributed by atoms with Crippen LogP contribution in [0.4, 0.5) is 9.18 Å².